The molecule has 11 heteroatoms. The van der Waals surface area contributed by atoms with Crippen molar-refractivity contribution in [1.82, 2.24) is 4.90 Å². The Hall–Kier alpha value is -2.66. The zero-order valence-corrected chi connectivity index (χ0v) is 18.6. The number of alkyl halides is 6. The van der Waals surface area contributed by atoms with Crippen LogP contribution in [-0.4, -0.2) is 39.2 Å². The minimum atomic E-state index is -4.87. The van der Waals surface area contributed by atoms with E-state index < -0.39 is 35.6 Å². The number of halogens is 7. The number of benzene rings is 2. The topological polar surface area (TPSA) is 60.5 Å². The number of carbonyl (C=O) groups is 1. The minimum absolute atomic E-state index is 0.0112. The average molecular weight is 507 g/mol. The highest BCUT2D eigenvalue weighted by Gasteiger charge is 2.68. The highest BCUT2D eigenvalue weighted by molar-refractivity contribution is 5.79. The van der Waals surface area contributed by atoms with E-state index in [4.69, 9.17) is 5.11 Å². The summed E-state index contributed by atoms with van der Waals surface area (Å²) in [6, 6.07) is 7.45. The molecule has 1 saturated carbocycles. The fraction of sp³-hybridized carbons (Fsp3) is 0.458. The molecule has 192 valence electrons. The number of aliphatic hydroxyl groups excluding tert-OH is 2. The van der Waals surface area contributed by atoms with Crippen molar-refractivity contribution >= 4 is 5.91 Å². The van der Waals surface area contributed by atoms with Crippen molar-refractivity contribution in [2.24, 2.45) is 0 Å². The van der Waals surface area contributed by atoms with Crippen molar-refractivity contribution in [2.45, 2.75) is 62.6 Å². The lowest BCUT2D eigenvalue weighted by atomic mass is 9.86. The fourth-order valence-electron chi connectivity index (χ4n) is 5.12. The summed E-state index contributed by atoms with van der Waals surface area (Å²) in [7, 11) is 0. The molecular weight excluding hydrogens is 483 g/mol. The van der Waals surface area contributed by atoms with E-state index in [2.05, 4.69) is 0 Å². The Bertz CT molecular complexity index is 1020. The molecule has 1 saturated heterocycles. The summed E-state index contributed by atoms with van der Waals surface area (Å²) < 4.78 is 86.4. The average Bonchev–Trinajstić information content (AvgIpc) is 3.24. The first-order valence-electron chi connectivity index (χ1n) is 10.8. The maximum atomic E-state index is 13.0. The Morgan fingerprint density at radius 3 is 1.94 bits per heavy atom. The van der Waals surface area contributed by atoms with Crippen LogP contribution in [0.5, 0.6) is 0 Å². The summed E-state index contributed by atoms with van der Waals surface area (Å²) in [6.07, 6.45) is -6.77. The van der Waals surface area contributed by atoms with Gasteiger partial charge in [-0.1, -0.05) is 18.6 Å². The summed E-state index contributed by atoms with van der Waals surface area (Å²) in [4.78, 5) is 13.5. The molecule has 2 aromatic carbocycles. The number of nitrogens with zero attached hydrogens (tertiary/aromatic N) is 1. The largest absolute Gasteiger partial charge is 0.416 e. The van der Waals surface area contributed by atoms with Crippen LogP contribution in [0.1, 0.15) is 54.4 Å². The third kappa shape index (κ3) is 5.45. The third-order valence-corrected chi connectivity index (χ3v) is 6.56. The second-order valence-corrected chi connectivity index (χ2v) is 8.65. The van der Waals surface area contributed by atoms with E-state index in [-0.39, 0.29) is 41.9 Å². The molecule has 4 nitrogen and oxygen atoms in total. The Kier molecular flexibility index (Phi) is 7.52. The van der Waals surface area contributed by atoms with Crippen LogP contribution in [0.25, 0.3) is 0 Å². The summed E-state index contributed by atoms with van der Waals surface area (Å²) in [5.41, 5.74) is -2.43. The Morgan fingerprint density at radius 1 is 1.00 bits per heavy atom. The maximum Gasteiger partial charge on any atom is 0.416 e. The SMILES string of the molecule is CC(=O)N1[C@H](CO)C12CCCC2c1ccc(F)cc1.OCc1cc(C(F)(F)F)cc(C(F)(F)F)c1. The molecule has 1 amide bonds. The molecule has 0 bridgehead atoms. The molecule has 35 heavy (non-hydrogen) atoms. The smallest absolute Gasteiger partial charge is 0.394 e. The summed E-state index contributed by atoms with van der Waals surface area (Å²) in [6.45, 7) is 0.682. The quantitative estimate of drug-likeness (QED) is 0.440. The lowest BCUT2D eigenvalue weighted by molar-refractivity contribution is -0.143. The van der Waals surface area contributed by atoms with Gasteiger partial charge in [-0.05, 0) is 54.3 Å². The number of aliphatic hydroxyl groups is 2. The van der Waals surface area contributed by atoms with Crippen molar-refractivity contribution in [3.8, 4) is 0 Å². The van der Waals surface area contributed by atoms with Gasteiger partial charge in [-0.3, -0.25) is 4.79 Å². The number of amides is 1. The minimum Gasteiger partial charge on any atom is -0.394 e. The molecule has 2 aromatic rings. The zero-order chi connectivity index (χ0) is 26.2. The van der Waals surface area contributed by atoms with Gasteiger partial charge in [0.05, 0.1) is 35.9 Å². The summed E-state index contributed by atoms with van der Waals surface area (Å²) in [5, 5.41) is 18.1. The van der Waals surface area contributed by atoms with Gasteiger partial charge in [-0.25, -0.2) is 4.39 Å². The molecule has 2 fully saturated rings. The fourth-order valence-corrected chi connectivity index (χ4v) is 5.12. The molecule has 3 atom stereocenters. The number of hydrogen-bond donors (Lipinski definition) is 2. The first-order chi connectivity index (χ1) is 16.3. The van der Waals surface area contributed by atoms with Crippen molar-refractivity contribution in [1.29, 1.82) is 0 Å². The first kappa shape index (κ1) is 26.9. The predicted octanol–water partition coefficient (Wildman–Crippen LogP) is 5.27. The van der Waals surface area contributed by atoms with Crippen LogP contribution in [0.3, 0.4) is 0 Å². The van der Waals surface area contributed by atoms with Crippen LogP contribution >= 0.6 is 0 Å². The molecule has 1 spiro atoms. The molecular formula is C24H24F7NO3. The molecule has 1 heterocycles. The summed E-state index contributed by atoms with van der Waals surface area (Å²) >= 11 is 0. The van der Waals surface area contributed by atoms with Gasteiger partial charge < -0.3 is 15.1 Å². The highest BCUT2D eigenvalue weighted by Crippen LogP contribution is 2.59. The Morgan fingerprint density at radius 2 is 1.54 bits per heavy atom. The number of carbonyl (C=O) groups excluding carboxylic acids is 1. The third-order valence-electron chi connectivity index (χ3n) is 6.56. The number of hydrogen-bond acceptors (Lipinski definition) is 3. The van der Waals surface area contributed by atoms with E-state index in [9.17, 15) is 40.6 Å². The van der Waals surface area contributed by atoms with Crippen molar-refractivity contribution in [3.63, 3.8) is 0 Å². The summed E-state index contributed by atoms with van der Waals surface area (Å²) in [5.74, 6) is -0.00376. The van der Waals surface area contributed by atoms with Gasteiger partial charge in [0.1, 0.15) is 5.82 Å². The second kappa shape index (κ2) is 9.77. The molecule has 2 N–H and O–H groups in total. The van der Waals surface area contributed by atoms with Crippen molar-refractivity contribution in [2.75, 3.05) is 6.61 Å². The van der Waals surface area contributed by atoms with Crippen LogP contribution < -0.4 is 0 Å². The molecule has 4 rings (SSSR count). The first-order valence-corrected chi connectivity index (χ1v) is 10.8. The standard InChI is InChI=1S/C15H18FNO2.C9H6F6O/c1-10(19)17-14(9-18)15(17)8-2-3-13(15)11-4-6-12(16)7-5-11;10-8(11,12)6-1-5(4-16)2-7(3-6)9(13,14)15/h4-7,13-14,18H,2-3,8-9H2,1H3;1-3,16H,4H2/t13?,14-,15?,17?;/m1./s1. The van der Waals surface area contributed by atoms with Gasteiger partial charge in [0.25, 0.3) is 0 Å². The zero-order valence-electron chi connectivity index (χ0n) is 18.6. The number of rotatable bonds is 3. The van der Waals surface area contributed by atoms with Gasteiger partial charge in [0, 0.05) is 12.8 Å². The predicted molar refractivity (Wildman–Crippen MR) is 111 cm³/mol. The van der Waals surface area contributed by atoms with Gasteiger partial charge in [-0.2, -0.15) is 26.3 Å². The van der Waals surface area contributed by atoms with Crippen LogP contribution in [0.2, 0.25) is 0 Å². The molecule has 1 aliphatic heterocycles. The van der Waals surface area contributed by atoms with Crippen LogP contribution in [-0.2, 0) is 23.8 Å². The Labute approximate surface area is 197 Å². The Balaban J connectivity index is 0.000000199. The van der Waals surface area contributed by atoms with Crippen molar-refractivity contribution in [3.05, 3.63) is 70.5 Å². The normalized spacial score (nSPS) is 23.8. The highest BCUT2D eigenvalue weighted by atomic mass is 19.4. The van der Waals surface area contributed by atoms with E-state index >= 15 is 0 Å². The monoisotopic (exact) mass is 507 g/mol. The van der Waals surface area contributed by atoms with E-state index in [0.29, 0.717) is 12.1 Å². The van der Waals surface area contributed by atoms with Gasteiger partial charge in [0.15, 0.2) is 0 Å². The van der Waals surface area contributed by atoms with E-state index in [1.165, 1.54) is 12.1 Å². The van der Waals surface area contributed by atoms with Gasteiger partial charge >= 0.3 is 12.4 Å². The molecule has 0 aromatic heterocycles. The molecule has 0 radical (unpaired) electrons. The van der Waals surface area contributed by atoms with Crippen LogP contribution in [0, 0.1) is 5.82 Å². The van der Waals surface area contributed by atoms with Crippen LogP contribution in [0.15, 0.2) is 42.5 Å². The molecule has 2 unspecified atom stereocenters. The molecule has 1 aliphatic carbocycles. The maximum absolute atomic E-state index is 13.0. The van der Waals surface area contributed by atoms with Gasteiger partial charge in [0.2, 0.25) is 5.91 Å². The van der Waals surface area contributed by atoms with E-state index in [1.54, 1.807) is 19.1 Å². The van der Waals surface area contributed by atoms with Crippen molar-refractivity contribution < 1.29 is 45.7 Å². The molecule has 2 aliphatic rings. The second-order valence-electron chi connectivity index (χ2n) is 8.65. The van der Waals surface area contributed by atoms with E-state index in [0.717, 1.165) is 24.8 Å². The lowest BCUT2D eigenvalue weighted by Gasteiger charge is -2.20. The van der Waals surface area contributed by atoms with E-state index in [1.807, 2.05) is 4.90 Å². The lowest BCUT2D eigenvalue weighted by Crippen LogP contribution is -2.25. The van der Waals surface area contributed by atoms with Crippen LogP contribution in [0.4, 0.5) is 30.7 Å². The van der Waals surface area contributed by atoms with Gasteiger partial charge in [-0.15, -0.1) is 0 Å².